The van der Waals surface area contributed by atoms with E-state index in [1.54, 1.807) is 23.9 Å². The van der Waals surface area contributed by atoms with E-state index < -0.39 is 0 Å². The van der Waals surface area contributed by atoms with Crippen LogP contribution in [0.15, 0.2) is 93.6 Å². The number of aliphatic imine (C=N–C) groups is 1. The maximum atomic E-state index is 12.7. The van der Waals surface area contributed by atoms with Crippen molar-refractivity contribution in [3.05, 3.63) is 101 Å². The molecule has 0 bridgehead atoms. The van der Waals surface area contributed by atoms with Crippen LogP contribution in [-0.4, -0.2) is 23.1 Å². The first-order valence-electron chi connectivity index (χ1n) is 10.2. The highest BCUT2D eigenvalue weighted by Crippen LogP contribution is 2.39. The zero-order valence-corrected chi connectivity index (χ0v) is 17.9. The third kappa shape index (κ3) is 3.87. The summed E-state index contributed by atoms with van der Waals surface area (Å²) in [6.45, 7) is 1.94. The Bertz CT molecular complexity index is 1360. The van der Waals surface area contributed by atoms with E-state index in [-0.39, 0.29) is 18.1 Å². The molecule has 31 heavy (non-hydrogen) atoms. The Morgan fingerprint density at radius 2 is 1.61 bits per heavy atom. The molecule has 1 N–H and O–H groups in total. The minimum absolute atomic E-state index is 0.000948. The normalized spacial score (nSPS) is 13.0. The van der Waals surface area contributed by atoms with Gasteiger partial charge in [-0.15, -0.1) is 0 Å². The van der Waals surface area contributed by atoms with Crippen LogP contribution in [0.2, 0.25) is 0 Å². The predicted molar refractivity (Wildman–Crippen MR) is 127 cm³/mol. The molecule has 1 aliphatic rings. The predicted octanol–water partition coefficient (Wildman–Crippen LogP) is 6.29. The van der Waals surface area contributed by atoms with E-state index in [1.807, 2.05) is 31.2 Å². The average Bonchev–Trinajstić information content (AvgIpc) is 2.80. The number of rotatable bonds is 4. The van der Waals surface area contributed by atoms with Gasteiger partial charge in [-0.1, -0.05) is 60.3 Å². The summed E-state index contributed by atoms with van der Waals surface area (Å²) in [6, 6.07) is 25.9. The molecule has 152 valence electrons. The second kappa shape index (κ2) is 8.05. The lowest BCUT2D eigenvalue weighted by Gasteiger charge is -2.19. The molecule has 0 aromatic heterocycles. The van der Waals surface area contributed by atoms with E-state index in [2.05, 4.69) is 47.5 Å². The molecule has 1 heterocycles. The Morgan fingerprint density at radius 3 is 2.45 bits per heavy atom. The fraction of sp³-hybridized carbons (Fsp3) is 0.111. The van der Waals surface area contributed by atoms with Crippen molar-refractivity contribution in [1.29, 1.82) is 0 Å². The topological polar surface area (TPSA) is 49.7 Å². The Labute approximate surface area is 185 Å². The molecule has 0 aliphatic carbocycles. The van der Waals surface area contributed by atoms with Gasteiger partial charge < -0.3 is 5.11 Å². The van der Waals surface area contributed by atoms with Crippen molar-refractivity contribution in [2.45, 2.75) is 23.1 Å². The van der Waals surface area contributed by atoms with Crippen LogP contribution in [0.5, 0.6) is 5.75 Å². The van der Waals surface area contributed by atoms with Crippen LogP contribution >= 0.6 is 11.8 Å². The Morgan fingerprint density at radius 1 is 0.903 bits per heavy atom. The number of phenols is 1. The minimum Gasteiger partial charge on any atom is -0.507 e. The molecule has 0 saturated heterocycles. The number of fused-ring (bicyclic) bond motifs is 3. The SMILES string of the molecule is CC(=NCC(=O)c1cc2ccccc2cc1O)c1ccc2c(c1)Cc1ccccc1S2. The number of Topliss-reactive ketones (excluding diaryl/α,β-unsaturated/α-hetero) is 1. The van der Waals surface area contributed by atoms with Crippen LogP contribution in [0.25, 0.3) is 10.8 Å². The molecule has 0 radical (unpaired) electrons. The lowest BCUT2D eigenvalue weighted by Crippen LogP contribution is -2.08. The van der Waals surface area contributed by atoms with Gasteiger partial charge in [-0.3, -0.25) is 9.79 Å². The van der Waals surface area contributed by atoms with Crippen molar-refractivity contribution in [3.8, 4) is 5.75 Å². The van der Waals surface area contributed by atoms with E-state index in [0.717, 1.165) is 28.5 Å². The number of hydrogen-bond acceptors (Lipinski definition) is 4. The number of benzene rings is 4. The Balaban J connectivity index is 1.36. The average molecular weight is 424 g/mol. The first-order valence-corrected chi connectivity index (χ1v) is 11.1. The third-order valence-electron chi connectivity index (χ3n) is 5.68. The number of carbonyl (C=O) groups excluding carboxylic acids is 1. The van der Waals surface area contributed by atoms with Crippen LogP contribution in [0.4, 0.5) is 0 Å². The fourth-order valence-electron chi connectivity index (χ4n) is 3.93. The summed E-state index contributed by atoms with van der Waals surface area (Å²) in [5, 5.41) is 12.1. The molecule has 0 fully saturated rings. The Hall–Kier alpha value is -3.37. The highest BCUT2D eigenvalue weighted by Gasteiger charge is 2.17. The van der Waals surface area contributed by atoms with Crippen LogP contribution < -0.4 is 0 Å². The maximum Gasteiger partial charge on any atom is 0.187 e. The summed E-state index contributed by atoms with van der Waals surface area (Å²) in [5.74, 6) is -0.189. The standard InChI is InChI=1S/C27H21NO2S/c1-17(18-10-11-27-22(12-18)13-21-8-4-5-9-26(21)31-27)28-16-25(30)23-14-19-6-2-3-7-20(19)15-24(23)29/h2-12,14-15,29H,13,16H2,1H3. The maximum absolute atomic E-state index is 12.7. The van der Waals surface area contributed by atoms with Crippen molar-refractivity contribution >= 4 is 34.0 Å². The van der Waals surface area contributed by atoms with Crippen molar-refractivity contribution in [1.82, 2.24) is 0 Å². The summed E-state index contributed by atoms with van der Waals surface area (Å²) < 4.78 is 0. The van der Waals surface area contributed by atoms with Gasteiger partial charge in [0.1, 0.15) is 12.3 Å². The molecule has 0 spiro atoms. The molecule has 5 rings (SSSR count). The van der Waals surface area contributed by atoms with Crippen LogP contribution in [0.3, 0.4) is 0 Å². The van der Waals surface area contributed by atoms with Gasteiger partial charge in [-0.2, -0.15) is 0 Å². The summed E-state index contributed by atoms with van der Waals surface area (Å²) in [7, 11) is 0. The number of nitrogens with zero attached hydrogens (tertiary/aromatic N) is 1. The van der Waals surface area contributed by atoms with E-state index >= 15 is 0 Å². The van der Waals surface area contributed by atoms with Gasteiger partial charge in [-0.25, -0.2) is 0 Å². The molecule has 4 heteroatoms. The van der Waals surface area contributed by atoms with Crippen LogP contribution in [-0.2, 0) is 6.42 Å². The van der Waals surface area contributed by atoms with Crippen molar-refractivity contribution in [2.75, 3.05) is 6.54 Å². The Kier molecular flexibility index (Phi) is 5.08. The van der Waals surface area contributed by atoms with Crippen molar-refractivity contribution in [3.63, 3.8) is 0 Å². The molecule has 0 unspecified atom stereocenters. The van der Waals surface area contributed by atoms with Gasteiger partial charge >= 0.3 is 0 Å². The van der Waals surface area contributed by atoms with Crippen molar-refractivity contribution < 1.29 is 9.90 Å². The quantitative estimate of drug-likeness (QED) is 0.273. The lowest BCUT2D eigenvalue weighted by molar-refractivity contribution is 0.0999. The second-order valence-corrected chi connectivity index (χ2v) is 8.83. The second-order valence-electron chi connectivity index (χ2n) is 7.75. The molecule has 3 nitrogen and oxygen atoms in total. The van der Waals surface area contributed by atoms with E-state index in [1.165, 1.54) is 20.9 Å². The van der Waals surface area contributed by atoms with Gasteiger partial charge in [0.05, 0.1) is 5.56 Å². The molecular formula is C27H21NO2S. The zero-order valence-electron chi connectivity index (χ0n) is 17.1. The highest BCUT2D eigenvalue weighted by molar-refractivity contribution is 7.99. The lowest BCUT2D eigenvalue weighted by atomic mass is 10.0. The molecule has 0 amide bonds. The van der Waals surface area contributed by atoms with Gasteiger partial charge in [0, 0.05) is 15.5 Å². The number of phenolic OH excluding ortho intramolecular Hbond substituents is 1. The van der Waals surface area contributed by atoms with E-state index in [0.29, 0.717) is 5.56 Å². The van der Waals surface area contributed by atoms with Gasteiger partial charge in [0.25, 0.3) is 0 Å². The monoisotopic (exact) mass is 423 g/mol. The summed E-state index contributed by atoms with van der Waals surface area (Å²) in [4.78, 5) is 19.9. The molecule has 0 atom stereocenters. The van der Waals surface area contributed by atoms with Crippen LogP contribution in [0.1, 0.15) is 34.0 Å². The molecule has 4 aromatic carbocycles. The number of aromatic hydroxyl groups is 1. The third-order valence-corrected chi connectivity index (χ3v) is 6.91. The highest BCUT2D eigenvalue weighted by atomic mass is 32.2. The van der Waals surface area contributed by atoms with Gasteiger partial charge in [0.2, 0.25) is 0 Å². The number of hydrogen-bond donors (Lipinski definition) is 1. The van der Waals surface area contributed by atoms with E-state index in [9.17, 15) is 9.90 Å². The van der Waals surface area contributed by atoms with E-state index in [4.69, 9.17) is 0 Å². The summed E-state index contributed by atoms with van der Waals surface area (Å²) in [6.07, 6.45) is 0.906. The number of carbonyl (C=O) groups is 1. The largest absolute Gasteiger partial charge is 0.507 e. The first-order chi connectivity index (χ1) is 15.1. The van der Waals surface area contributed by atoms with Gasteiger partial charge in [-0.05, 0) is 71.1 Å². The smallest absolute Gasteiger partial charge is 0.187 e. The van der Waals surface area contributed by atoms with Crippen LogP contribution in [0, 0.1) is 0 Å². The fourth-order valence-corrected chi connectivity index (χ4v) is 4.99. The van der Waals surface area contributed by atoms with Crippen molar-refractivity contribution in [2.24, 2.45) is 4.99 Å². The first kappa shape index (κ1) is 19.6. The molecule has 4 aromatic rings. The summed E-state index contributed by atoms with van der Waals surface area (Å²) in [5.41, 5.74) is 4.78. The summed E-state index contributed by atoms with van der Waals surface area (Å²) >= 11 is 1.80. The molecular weight excluding hydrogens is 402 g/mol. The minimum atomic E-state index is -0.190. The molecule has 1 aliphatic heterocycles. The number of ketones is 1. The zero-order chi connectivity index (χ0) is 21.4. The van der Waals surface area contributed by atoms with Gasteiger partial charge in [0.15, 0.2) is 5.78 Å². The molecule has 0 saturated carbocycles.